The van der Waals surface area contributed by atoms with E-state index in [0.717, 1.165) is 29.2 Å². The molecule has 0 bridgehead atoms. The largest absolute Gasteiger partial charge is 0.454 e. The number of hydrogen-bond donors (Lipinski definition) is 3. The molecule has 1 aliphatic rings. The molecule has 0 aromatic heterocycles. The Morgan fingerprint density at radius 2 is 1.89 bits per heavy atom. The minimum Gasteiger partial charge on any atom is -0.454 e. The van der Waals surface area contributed by atoms with Gasteiger partial charge in [-0.15, -0.1) is 24.0 Å². The molecular formula is C19H23ClIN3O3. The number of fused-ring (bicyclic) bond motifs is 1. The molecule has 0 saturated carbocycles. The summed E-state index contributed by atoms with van der Waals surface area (Å²) in [4.78, 5) is 4.55. The Balaban J connectivity index is 0.00000261. The van der Waals surface area contributed by atoms with Crippen LogP contribution in [-0.4, -0.2) is 30.9 Å². The molecule has 2 aromatic rings. The standard InChI is InChI=1S/C19H22ClN3O3.HI/c1-2-21-19(23-11-16(24)14-4-6-15(20)7-5-14)22-10-13-3-8-17-18(9-13)26-12-25-17;/h3-9,16,24H,2,10-12H2,1H3,(H2,21,22,23);1H. The lowest BCUT2D eigenvalue weighted by Gasteiger charge is -2.15. The van der Waals surface area contributed by atoms with Gasteiger partial charge < -0.3 is 25.2 Å². The monoisotopic (exact) mass is 503 g/mol. The highest BCUT2D eigenvalue weighted by molar-refractivity contribution is 14.0. The van der Waals surface area contributed by atoms with Crippen LogP contribution in [0.4, 0.5) is 0 Å². The molecule has 146 valence electrons. The predicted molar refractivity (Wildman–Crippen MR) is 117 cm³/mol. The van der Waals surface area contributed by atoms with Crippen molar-refractivity contribution in [3.63, 3.8) is 0 Å². The van der Waals surface area contributed by atoms with Gasteiger partial charge in [0.25, 0.3) is 0 Å². The lowest BCUT2D eigenvalue weighted by molar-refractivity contribution is 0.174. The van der Waals surface area contributed by atoms with Gasteiger partial charge in [-0.1, -0.05) is 29.8 Å². The van der Waals surface area contributed by atoms with E-state index < -0.39 is 6.10 Å². The van der Waals surface area contributed by atoms with E-state index in [2.05, 4.69) is 15.6 Å². The van der Waals surface area contributed by atoms with E-state index in [0.29, 0.717) is 24.1 Å². The molecule has 1 unspecified atom stereocenters. The molecule has 0 saturated heterocycles. The number of benzene rings is 2. The third-order valence-electron chi connectivity index (χ3n) is 3.92. The Morgan fingerprint density at radius 1 is 1.15 bits per heavy atom. The zero-order valence-corrected chi connectivity index (χ0v) is 18.0. The molecule has 0 amide bonds. The summed E-state index contributed by atoms with van der Waals surface area (Å²) in [5.41, 5.74) is 1.82. The Hall–Kier alpha value is -1.71. The lowest BCUT2D eigenvalue weighted by atomic mass is 10.1. The minimum absolute atomic E-state index is 0. The number of nitrogens with one attached hydrogen (secondary N) is 2. The first-order chi connectivity index (χ1) is 12.7. The third-order valence-corrected chi connectivity index (χ3v) is 4.17. The number of aliphatic hydroxyl groups excluding tert-OH is 1. The molecule has 6 nitrogen and oxygen atoms in total. The minimum atomic E-state index is -0.651. The fourth-order valence-corrected chi connectivity index (χ4v) is 2.67. The van der Waals surface area contributed by atoms with Gasteiger partial charge in [0.05, 0.1) is 12.6 Å². The molecular weight excluding hydrogens is 481 g/mol. The van der Waals surface area contributed by atoms with Crippen LogP contribution in [0.5, 0.6) is 11.5 Å². The molecule has 1 aliphatic heterocycles. The van der Waals surface area contributed by atoms with Crippen molar-refractivity contribution in [1.29, 1.82) is 0 Å². The highest BCUT2D eigenvalue weighted by atomic mass is 127. The summed E-state index contributed by atoms with van der Waals surface area (Å²) in [6.07, 6.45) is -0.651. The second kappa shape index (κ2) is 10.6. The van der Waals surface area contributed by atoms with Crippen molar-refractivity contribution >= 4 is 41.5 Å². The van der Waals surface area contributed by atoms with E-state index in [1.165, 1.54) is 0 Å². The summed E-state index contributed by atoms with van der Waals surface area (Å²) in [5.74, 6) is 2.14. The van der Waals surface area contributed by atoms with Gasteiger partial charge in [0, 0.05) is 18.1 Å². The Morgan fingerprint density at radius 3 is 2.63 bits per heavy atom. The third kappa shape index (κ3) is 6.15. The number of halogens is 2. The van der Waals surface area contributed by atoms with Gasteiger partial charge in [-0.25, -0.2) is 4.99 Å². The van der Waals surface area contributed by atoms with Crippen LogP contribution in [0, 0.1) is 0 Å². The molecule has 2 aromatic carbocycles. The summed E-state index contributed by atoms with van der Waals surface area (Å²) >= 11 is 5.88. The quantitative estimate of drug-likeness (QED) is 0.320. The van der Waals surface area contributed by atoms with Crippen LogP contribution < -0.4 is 20.1 Å². The first-order valence-electron chi connectivity index (χ1n) is 8.50. The average molecular weight is 504 g/mol. The number of aliphatic imine (C=N–C) groups is 1. The van der Waals surface area contributed by atoms with Crippen LogP contribution in [0.3, 0.4) is 0 Å². The second-order valence-corrected chi connectivity index (χ2v) is 6.27. The molecule has 0 aliphatic carbocycles. The SMILES string of the molecule is CCNC(=NCc1ccc2c(c1)OCO2)NCC(O)c1ccc(Cl)cc1.I. The van der Waals surface area contributed by atoms with Gasteiger partial charge in [-0.2, -0.15) is 0 Å². The van der Waals surface area contributed by atoms with Crippen molar-refractivity contribution in [2.45, 2.75) is 19.6 Å². The molecule has 1 atom stereocenters. The zero-order chi connectivity index (χ0) is 18.4. The average Bonchev–Trinajstić information content (AvgIpc) is 3.12. The second-order valence-electron chi connectivity index (χ2n) is 5.83. The van der Waals surface area contributed by atoms with Crippen molar-refractivity contribution in [3.05, 3.63) is 58.6 Å². The fourth-order valence-electron chi connectivity index (χ4n) is 2.55. The van der Waals surface area contributed by atoms with Gasteiger partial charge in [0.2, 0.25) is 6.79 Å². The van der Waals surface area contributed by atoms with E-state index in [1.54, 1.807) is 12.1 Å². The maximum Gasteiger partial charge on any atom is 0.231 e. The molecule has 8 heteroatoms. The lowest BCUT2D eigenvalue weighted by Crippen LogP contribution is -2.39. The highest BCUT2D eigenvalue weighted by Crippen LogP contribution is 2.32. The van der Waals surface area contributed by atoms with Crippen LogP contribution >= 0.6 is 35.6 Å². The highest BCUT2D eigenvalue weighted by Gasteiger charge is 2.13. The molecule has 0 radical (unpaired) electrons. The number of ether oxygens (including phenoxy) is 2. The zero-order valence-electron chi connectivity index (χ0n) is 14.9. The predicted octanol–water partition coefficient (Wildman–Crippen LogP) is 3.48. The van der Waals surface area contributed by atoms with E-state index in [9.17, 15) is 5.11 Å². The van der Waals surface area contributed by atoms with Gasteiger partial charge in [0.15, 0.2) is 17.5 Å². The molecule has 1 heterocycles. The van der Waals surface area contributed by atoms with Crippen LogP contribution in [0.15, 0.2) is 47.5 Å². The smallest absolute Gasteiger partial charge is 0.231 e. The van der Waals surface area contributed by atoms with Crippen molar-refractivity contribution in [2.24, 2.45) is 4.99 Å². The Bertz CT molecular complexity index is 771. The number of guanidine groups is 1. The number of aliphatic hydroxyl groups is 1. The normalized spacial score (nSPS) is 13.7. The first kappa shape index (κ1) is 21.6. The van der Waals surface area contributed by atoms with Crippen molar-refractivity contribution in [1.82, 2.24) is 10.6 Å². The number of nitrogens with zero attached hydrogens (tertiary/aromatic N) is 1. The van der Waals surface area contributed by atoms with Crippen LogP contribution in [0.1, 0.15) is 24.2 Å². The van der Waals surface area contributed by atoms with E-state index in [4.69, 9.17) is 21.1 Å². The summed E-state index contributed by atoms with van der Waals surface area (Å²) < 4.78 is 10.7. The van der Waals surface area contributed by atoms with Crippen LogP contribution in [-0.2, 0) is 6.54 Å². The summed E-state index contributed by atoms with van der Waals surface area (Å²) in [5, 5.41) is 17.3. The van der Waals surface area contributed by atoms with Gasteiger partial charge in [-0.05, 0) is 42.3 Å². The fraction of sp³-hybridized carbons (Fsp3) is 0.316. The number of hydrogen-bond acceptors (Lipinski definition) is 4. The summed E-state index contributed by atoms with van der Waals surface area (Å²) in [6.45, 7) is 3.81. The van der Waals surface area contributed by atoms with Crippen molar-refractivity contribution < 1.29 is 14.6 Å². The summed E-state index contributed by atoms with van der Waals surface area (Å²) in [7, 11) is 0. The van der Waals surface area contributed by atoms with Gasteiger partial charge >= 0.3 is 0 Å². The van der Waals surface area contributed by atoms with Gasteiger partial charge in [0.1, 0.15) is 0 Å². The maximum absolute atomic E-state index is 10.3. The van der Waals surface area contributed by atoms with Gasteiger partial charge in [-0.3, -0.25) is 0 Å². The van der Waals surface area contributed by atoms with E-state index >= 15 is 0 Å². The molecule has 0 spiro atoms. The van der Waals surface area contributed by atoms with E-state index in [1.807, 2.05) is 37.3 Å². The van der Waals surface area contributed by atoms with Crippen LogP contribution in [0.25, 0.3) is 0 Å². The van der Waals surface area contributed by atoms with Crippen LogP contribution in [0.2, 0.25) is 5.02 Å². The van der Waals surface area contributed by atoms with Crippen molar-refractivity contribution in [2.75, 3.05) is 19.9 Å². The maximum atomic E-state index is 10.3. The molecule has 27 heavy (non-hydrogen) atoms. The Kier molecular flexibility index (Phi) is 8.46. The topological polar surface area (TPSA) is 75.1 Å². The first-order valence-corrected chi connectivity index (χ1v) is 8.87. The molecule has 3 N–H and O–H groups in total. The number of rotatable bonds is 6. The van der Waals surface area contributed by atoms with E-state index in [-0.39, 0.29) is 30.8 Å². The molecule has 0 fully saturated rings. The summed E-state index contributed by atoms with van der Waals surface area (Å²) in [6, 6.07) is 12.9. The Labute approximate surface area is 181 Å². The molecule has 3 rings (SSSR count). The van der Waals surface area contributed by atoms with Crippen molar-refractivity contribution in [3.8, 4) is 11.5 Å².